The smallest absolute Gasteiger partial charge is 0.190 e. The van der Waals surface area contributed by atoms with Crippen molar-refractivity contribution in [1.82, 2.24) is 15.0 Å². The first-order valence-electron chi connectivity index (χ1n) is 5.24. The first-order chi connectivity index (χ1) is 8.13. The summed E-state index contributed by atoms with van der Waals surface area (Å²) < 4.78 is 2.77. The molecule has 0 saturated carbocycles. The quantitative estimate of drug-likeness (QED) is 0.854. The van der Waals surface area contributed by atoms with Crippen molar-refractivity contribution in [3.63, 3.8) is 0 Å². The molecule has 4 nitrogen and oxygen atoms in total. The van der Waals surface area contributed by atoms with E-state index in [-0.39, 0.29) is 6.04 Å². The topological polar surface area (TPSA) is 54.5 Å². The van der Waals surface area contributed by atoms with Crippen LogP contribution in [-0.2, 0) is 0 Å². The summed E-state index contributed by atoms with van der Waals surface area (Å²) in [5.41, 5.74) is 2.08. The van der Waals surface area contributed by atoms with E-state index in [9.17, 15) is 0 Å². The Kier molecular flexibility index (Phi) is 3.25. The zero-order valence-corrected chi connectivity index (χ0v) is 11.1. The number of nitrogens with zero attached hydrogens (tertiary/aromatic N) is 4. The van der Waals surface area contributed by atoms with Crippen LogP contribution in [0, 0.1) is 11.3 Å². The summed E-state index contributed by atoms with van der Waals surface area (Å²) in [5, 5.41) is 17.0. The normalized spacial score (nSPS) is 10.5. The van der Waals surface area contributed by atoms with Crippen LogP contribution >= 0.6 is 15.9 Å². The minimum Gasteiger partial charge on any atom is -0.241 e. The molecule has 2 rings (SSSR count). The molecule has 86 valence electrons. The SMILES string of the molecule is CC(C)n1nnc(C#N)c1-c1ccc(Br)cc1. The van der Waals surface area contributed by atoms with Crippen LogP contribution in [0.4, 0.5) is 0 Å². The van der Waals surface area contributed by atoms with Crippen molar-refractivity contribution < 1.29 is 0 Å². The van der Waals surface area contributed by atoms with E-state index in [0.29, 0.717) is 5.69 Å². The third-order valence-corrected chi connectivity index (χ3v) is 2.94. The Morgan fingerprint density at radius 1 is 1.29 bits per heavy atom. The average Bonchev–Trinajstić information content (AvgIpc) is 2.73. The van der Waals surface area contributed by atoms with Gasteiger partial charge in [-0.1, -0.05) is 33.3 Å². The molecule has 0 atom stereocenters. The molecule has 0 aliphatic heterocycles. The van der Waals surface area contributed by atoms with Crippen LogP contribution in [0.3, 0.4) is 0 Å². The van der Waals surface area contributed by atoms with Gasteiger partial charge in [-0.3, -0.25) is 0 Å². The van der Waals surface area contributed by atoms with Crippen molar-refractivity contribution >= 4 is 15.9 Å². The van der Waals surface area contributed by atoms with E-state index in [1.807, 2.05) is 38.1 Å². The lowest BCUT2D eigenvalue weighted by Crippen LogP contribution is -2.05. The number of halogens is 1. The molecule has 0 amide bonds. The van der Waals surface area contributed by atoms with E-state index in [2.05, 4.69) is 32.3 Å². The standard InChI is InChI=1S/C12H11BrN4/c1-8(2)17-12(11(7-14)15-16-17)9-3-5-10(13)6-4-9/h3-6,8H,1-2H3. The molecule has 1 aromatic carbocycles. The predicted molar refractivity (Wildman–Crippen MR) is 68.3 cm³/mol. The van der Waals surface area contributed by atoms with Crippen LogP contribution in [0.5, 0.6) is 0 Å². The van der Waals surface area contributed by atoms with Crippen molar-refractivity contribution in [2.45, 2.75) is 19.9 Å². The fraction of sp³-hybridized carbons (Fsp3) is 0.250. The summed E-state index contributed by atoms with van der Waals surface area (Å²) in [6, 6.07) is 10.0. The Labute approximate surface area is 108 Å². The molecule has 0 fully saturated rings. The molecule has 5 heteroatoms. The summed E-state index contributed by atoms with van der Waals surface area (Å²) in [4.78, 5) is 0. The molecular formula is C12H11BrN4. The molecule has 0 spiro atoms. The minimum absolute atomic E-state index is 0.170. The zero-order chi connectivity index (χ0) is 12.4. The second-order valence-corrected chi connectivity index (χ2v) is 4.86. The molecule has 0 N–H and O–H groups in total. The van der Waals surface area contributed by atoms with Crippen molar-refractivity contribution in [2.24, 2.45) is 0 Å². The third kappa shape index (κ3) is 2.22. The monoisotopic (exact) mass is 290 g/mol. The minimum atomic E-state index is 0.170. The molecule has 0 aliphatic rings. The number of benzene rings is 1. The zero-order valence-electron chi connectivity index (χ0n) is 9.55. The molecule has 0 radical (unpaired) electrons. The largest absolute Gasteiger partial charge is 0.241 e. The number of hydrogen-bond acceptors (Lipinski definition) is 3. The van der Waals surface area contributed by atoms with Gasteiger partial charge in [-0.15, -0.1) is 5.10 Å². The van der Waals surface area contributed by atoms with E-state index >= 15 is 0 Å². The molecule has 1 aromatic heterocycles. The highest BCUT2D eigenvalue weighted by Gasteiger charge is 2.16. The molecule has 0 unspecified atom stereocenters. The van der Waals surface area contributed by atoms with Crippen LogP contribution in [0.25, 0.3) is 11.3 Å². The first kappa shape index (κ1) is 11.8. The van der Waals surface area contributed by atoms with Crippen LogP contribution in [0.15, 0.2) is 28.7 Å². The molecule has 0 bridgehead atoms. The Morgan fingerprint density at radius 2 is 1.94 bits per heavy atom. The predicted octanol–water partition coefficient (Wildman–Crippen LogP) is 3.16. The number of aromatic nitrogens is 3. The van der Waals surface area contributed by atoms with E-state index in [1.54, 1.807) is 4.68 Å². The summed E-state index contributed by atoms with van der Waals surface area (Å²) in [5.74, 6) is 0. The van der Waals surface area contributed by atoms with Crippen molar-refractivity contribution in [3.05, 3.63) is 34.4 Å². The highest BCUT2D eigenvalue weighted by molar-refractivity contribution is 9.10. The Morgan fingerprint density at radius 3 is 2.47 bits per heavy atom. The van der Waals surface area contributed by atoms with Crippen LogP contribution < -0.4 is 0 Å². The van der Waals surface area contributed by atoms with Gasteiger partial charge in [-0.25, -0.2) is 4.68 Å². The summed E-state index contributed by atoms with van der Waals surface area (Å²) in [6.07, 6.45) is 0. The van der Waals surface area contributed by atoms with Crippen LogP contribution in [-0.4, -0.2) is 15.0 Å². The van der Waals surface area contributed by atoms with Crippen molar-refractivity contribution in [1.29, 1.82) is 5.26 Å². The van der Waals surface area contributed by atoms with Gasteiger partial charge in [0, 0.05) is 16.1 Å². The highest BCUT2D eigenvalue weighted by atomic mass is 79.9. The highest BCUT2D eigenvalue weighted by Crippen LogP contribution is 2.25. The second kappa shape index (κ2) is 4.68. The molecule has 17 heavy (non-hydrogen) atoms. The van der Waals surface area contributed by atoms with Gasteiger partial charge in [-0.05, 0) is 26.0 Å². The Balaban J connectivity index is 2.61. The van der Waals surface area contributed by atoms with Gasteiger partial charge in [0.25, 0.3) is 0 Å². The maximum atomic E-state index is 9.05. The maximum absolute atomic E-state index is 9.05. The van der Waals surface area contributed by atoms with Gasteiger partial charge in [0.15, 0.2) is 5.69 Å². The van der Waals surface area contributed by atoms with E-state index in [4.69, 9.17) is 5.26 Å². The fourth-order valence-electron chi connectivity index (χ4n) is 1.61. The average molecular weight is 291 g/mol. The summed E-state index contributed by atoms with van der Waals surface area (Å²) >= 11 is 3.39. The number of nitriles is 1. The number of rotatable bonds is 2. The van der Waals surface area contributed by atoms with Gasteiger partial charge in [0.1, 0.15) is 11.8 Å². The summed E-state index contributed by atoms with van der Waals surface area (Å²) in [7, 11) is 0. The fourth-order valence-corrected chi connectivity index (χ4v) is 1.87. The second-order valence-electron chi connectivity index (χ2n) is 3.94. The van der Waals surface area contributed by atoms with Crippen molar-refractivity contribution in [3.8, 4) is 17.3 Å². The third-order valence-electron chi connectivity index (χ3n) is 2.41. The van der Waals surface area contributed by atoms with Crippen LogP contribution in [0.2, 0.25) is 0 Å². The first-order valence-corrected chi connectivity index (χ1v) is 6.04. The van der Waals surface area contributed by atoms with E-state index in [1.165, 1.54) is 0 Å². The van der Waals surface area contributed by atoms with Gasteiger partial charge in [0.05, 0.1) is 0 Å². The molecule has 0 saturated heterocycles. The number of hydrogen-bond donors (Lipinski definition) is 0. The van der Waals surface area contributed by atoms with E-state index in [0.717, 1.165) is 15.7 Å². The lowest BCUT2D eigenvalue weighted by molar-refractivity contribution is 0.519. The van der Waals surface area contributed by atoms with Gasteiger partial charge >= 0.3 is 0 Å². The molecule has 1 heterocycles. The van der Waals surface area contributed by atoms with E-state index < -0.39 is 0 Å². The summed E-state index contributed by atoms with van der Waals surface area (Å²) in [6.45, 7) is 4.02. The van der Waals surface area contributed by atoms with Gasteiger partial charge in [0.2, 0.25) is 0 Å². The maximum Gasteiger partial charge on any atom is 0.190 e. The van der Waals surface area contributed by atoms with Gasteiger partial charge < -0.3 is 0 Å². The Hall–Kier alpha value is -1.67. The van der Waals surface area contributed by atoms with Crippen LogP contribution in [0.1, 0.15) is 25.6 Å². The molecule has 2 aromatic rings. The lowest BCUT2D eigenvalue weighted by atomic mass is 10.1. The Bertz CT molecular complexity index is 563. The molecule has 0 aliphatic carbocycles. The lowest BCUT2D eigenvalue weighted by Gasteiger charge is -2.09. The van der Waals surface area contributed by atoms with Crippen molar-refractivity contribution in [2.75, 3.05) is 0 Å². The van der Waals surface area contributed by atoms with Gasteiger partial charge in [-0.2, -0.15) is 5.26 Å². The molecular weight excluding hydrogens is 280 g/mol.